The number of amides is 1. The molecule has 2 heterocycles. The lowest BCUT2D eigenvalue weighted by Gasteiger charge is -2.07. The van der Waals surface area contributed by atoms with E-state index in [9.17, 15) is 4.79 Å². The highest BCUT2D eigenvalue weighted by atomic mass is 16.2. The monoisotopic (exact) mass is 297 g/mol. The molecule has 0 spiro atoms. The minimum absolute atomic E-state index is 0.130. The van der Waals surface area contributed by atoms with Crippen LogP contribution in [0, 0.1) is 6.92 Å². The molecule has 0 atom stereocenters. The van der Waals surface area contributed by atoms with Gasteiger partial charge < -0.3 is 9.88 Å². The highest BCUT2D eigenvalue weighted by molar-refractivity contribution is 5.92. The van der Waals surface area contributed by atoms with Gasteiger partial charge in [-0.2, -0.15) is 5.10 Å². The van der Waals surface area contributed by atoms with Crippen LogP contribution in [0.5, 0.6) is 0 Å². The van der Waals surface area contributed by atoms with Gasteiger partial charge in [-0.05, 0) is 32.0 Å². The SMILES string of the molecule is CCn1nc(C)cc1C(=O)NCc1nc2ccccc2n1C. The molecular formula is C16H19N5O. The van der Waals surface area contributed by atoms with Crippen molar-refractivity contribution in [1.29, 1.82) is 0 Å². The highest BCUT2D eigenvalue weighted by Gasteiger charge is 2.14. The largest absolute Gasteiger partial charge is 0.343 e. The number of nitrogens with zero attached hydrogens (tertiary/aromatic N) is 4. The van der Waals surface area contributed by atoms with Gasteiger partial charge in [-0.1, -0.05) is 12.1 Å². The molecule has 0 aliphatic rings. The maximum absolute atomic E-state index is 12.3. The first-order valence-corrected chi connectivity index (χ1v) is 7.33. The summed E-state index contributed by atoms with van der Waals surface area (Å²) in [5.74, 6) is 0.698. The summed E-state index contributed by atoms with van der Waals surface area (Å²) < 4.78 is 3.71. The first kappa shape index (κ1) is 14.3. The van der Waals surface area contributed by atoms with Gasteiger partial charge in [0.2, 0.25) is 0 Å². The molecule has 6 heteroatoms. The van der Waals surface area contributed by atoms with Gasteiger partial charge in [0, 0.05) is 13.6 Å². The molecule has 1 amide bonds. The number of aryl methyl sites for hydroxylation is 3. The van der Waals surface area contributed by atoms with E-state index in [0.29, 0.717) is 18.8 Å². The van der Waals surface area contributed by atoms with E-state index in [0.717, 1.165) is 22.6 Å². The Labute approximate surface area is 128 Å². The summed E-state index contributed by atoms with van der Waals surface area (Å²) in [5, 5.41) is 7.21. The minimum atomic E-state index is -0.130. The van der Waals surface area contributed by atoms with Crippen LogP contribution in [0.15, 0.2) is 30.3 Å². The minimum Gasteiger partial charge on any atom is -0.343 e. The van der Waals surface area contributed by atoms with E-state index in [1.54, 1.807) is 10.7 Å². The van der Waals surface area contributed by atoms with Crippen molar-refractivity contribution < 1.29 is 4.79 Å². The van der Waals surface area contributed by atoms with Gasteiger partial charge in [0.15, 0.2) is 0 Å². The lowest BCUT2D eigenvalue weighted by atomic mass is 10.3. The fourth-order valence-electron chi connectivity index (χ4n) is 2.57. The predicted molar refractivity (Wildman–Crippen MR) is 84.5 cm³/mol. The zero-order chi connectivity index (χ0) is 15.7. The molecule has 2 aromatic heterocycles. The summed E-state index contributed by atoms with van der Waals surface area (Å²) in [5.41, 5.74) is 3.42. The smallest absolute Gasteiger partial charge is 0.269 e. The third-order valence-corrected chi connectivity index (χ3v) is 3.72. The van der Waals surface area contributed by atoms with Gasteiger partial charge in [-0.3, -0.25) is 9.48 Å². The van der Waals surface area contributed by atoms with Crippen LogP contribution < -0.4 is 5.32 Å². The van der Waals surface area contributed by atoms with Crippen LogP contribution in [0.2, 0.25) is 0 Å². The summed E-state index contributed by atoms with van der Waals surface area (Å²) >= 11 is 0. The number of benzene rings is 1. The fraction of sp³-hybridized carbons (Fsp3) is 0.312. The normalized spacial score (nSPS) is 11.0. The molecule has 3 rings (SSSR count). The Morgan fingerprint density at radius 1 is 1.32 bits per heavy atom. The number of rotatable bonds is 4. The highest BCUT2D eigenvalue weighted by Crippen LogP contribution is 2.14. The molecule has 0 aliphatic carbocycles. The Hall–Kier alpha value is -2.63. The predicted octanol–water partition coefficient (Wildman–Crippen LogP) is 2.03. The van der Waals surface area contributed by atoms with Crippen molar-refractivity contribution in [2.75, 3.05) is 0 Å². The van der Waals surface area contributed by atoms with Crippen molar-refractivity contribution in [2.45, 2.75) is 26.9 Å². The third-order valence-electron chi connectivity index (χ3n) is 3.72. The lowest BCUT2D eigenvalue weighted by molar-refractivity contribution is 0.0939. The van der Waals surface area contributed by atoms with Crippen molar-refractivity contribution in [3.8, 4) is 0 Å². The van der Waals surface area contributed by atoms with E-state index in [4.69, 9.17) is 0 Å². The summed E-state index contributed by atoms with van der Waals surface area (Å²) in [4.78, 5) is 16.9. The molecular weight excluding hydrogens is 278 g/mol. The molecule has 0 radical (unpaired) electrons. The summed E-state index contributed by atoms with van der Waals surface area (Å²) in [6, 6.07) is 9.72. The number of aromatic nitrogens is 4. The number of nitrogens with one attached hydrogen (secondary N) is 1. The van der Waals surface area contributed by atoms with Crippen LogP contribution in [0.25, 0.3) is 11.0 Å². The number of carbonyl (C=O) groups excluding carboxylic acids is 1. The maximum Gasteiger partial charge on any atom is 0.269 e. The average molecular weight is 297 g/mol. The summed E-state index contributed by atoms with van der Waals surface area (Å²) in [7, 11) is 1.96. The number of imidazole rings is 1. The Balaban J connectivity index is 1.78. The van der Waals surface area contributed by atoms with Crippen LogP contribution >= 0.6 is 0 Å². The van der Waals surface area contributed by atoms with Gasteiger partial charge in [-0.25, -0.2) is 4.98 Å². The van der Waals surface area contributed by atoms with Crippen LogP contribution in [-0.2, 0) is 20.1 Å². The second-order valence-corrected chi connectivity index (χ2v) is 5.25. The molecule has 6 nitrogen and oxygen atoms in total. The molecule has 0 unspecified atom stereocenters. The zero-order valence-corrected chi connectivity index (χ0v) is 13.0. The van der Waals surface area contributed by atoms with E-state index in [2.05, 4.69) is 15.4 Å². The zero-order valence-electron chi connectivity index (χ0n) is 13.0. The second-order valence-electron chi connectivity index (χ2n) is 5.25. The number of hydrogen-bond acceptors (Lipinski definition) is 3. The lowest BCUT2D eigenvalue weighted by Crippen LogP contribution is -2.26. The van der Waals surface area contributed by atoms with Gasteiger partial charge >= 0.3 is 0 Å². The molecule has 22 heavy (non-hydrogen) atoms. The Bertz CT molecular complexity index is 830. The molecule has 3 aromatic rings. The maximum atomic E-state index is 12.3. The number of para-hydroxylation sites is 2. The first-order chi connectivity index (χ1) is 10.6. The van der Waals surface area contributed by atoms with Crippen molar-refractivity contribution in [3.05, 3.63) is 47.5 Å². The van der Waals surface area contributed by atoms with Gasteiger partial charge in [0.1, 0.15) is 11.5 Å². The van der Waals surface area contributed by atoms with Crippen molar-refractivity contribution in [1.82, 2.24) is 24.6 Å². The van der Waals surface area contributed by atoms with Crippen LogP contribution in [-0.4, -0.2) is 25.2 Å². The van der Waals surface area contributed by atoms with Crippen LogP contribution in [0.4, 0.5) is 0 Å². The Morgan fingerprint density at radius 2 is 2.09 bits per heavy atom. The van der Waals surface area contributed by atoms with E-state index in [1.807, 2.05) is 49.7 Å². The summed E-state index contributed by atoms with van der Waals surface area (Å²) in [6.07, 6.45) is 0. The molecule has 114 valence electrons. The van der Waals surface area contributed by atoms with Crippen LogP contribution in [0.1, 0.15) is 28.9 Å². The van der Waals surface area contributed by atoms with E-state index < -0.39 is 0 Å². The van der Waals surface area contributed by atoms with Gasteiger partial charge in [0.25, 0.3) is 5.91 Å². The molecule has 1 N–H and O–H groups in total. The standard InChI is InChI=1S/C16H19N5O/c1-4-21-14(9-11(2)19-21)16(22)17-10-15-18-12-7-5-6-8-13(12)20(15)3/h5-9H,4,10H2,1-3H3,(H,17,22). The summed E-state index contributed by atoms with van der Waals surface area (Å²) in [6.45, 7) is 4.91. The van der Waals surface area contributed by atoms with Crippen molar-refractivity contribution in [3.63, 3.8) is 0 Å². The quantitative estimate of drug-likeness (QED) is 0.801. The second kappa shape index (κ2) is 5.63. The van der Waals surface area contributed by atoms with E-state index in [-0.39, 0.29) is 5.91 Å². The van der Waals surface area contributed by atoms with Gasteiger partial charge in [0.05, 0.1) is 23.3 Å². The molecule has 0 aliphatic heterocycles. The Morgan fingerprint density at radius 3 is 2.82 bits per heavy atom. The van der Waals surface area contributed by atoms with Crippen LogP contribution in [0.3, 0.4) is 0 Å². The first-order valence-electron chi connectivity index (χ1n) is 7.33. The number of carbonyl (C=O) groups is 1. The third kappa shape index (κ3) is 2.47. The topological polar surface area (TPSA) is 64.7 Å². The van der Waals surface area contributed by atoms with Gasteiger partial charge in [-0.15, -0.1) is 0 Å². The Kier molecular flexibility index (Phi) is 3.66. The molecule has 0 saturated carbocycles. The van der Waals surface area contributed by atoms with E-state index >= 15 is 0 Å². The molecule has 0 fully saturated rings. The average Bonchev–Trinajstić information content (AvgIpc) is 3.06. The molecule has 0 saturated heterocycles. The van der Waals surface area contributed by atoms with Crippen molar-refractivity contribution in [2.24, 2.45) is 7.05 Å². The molecule has 0 bridgehead atoms. The van der Waals surface area contributed by atoms with E-state index in [1.165, 1.54) is 0 Å². The fourth-order valence-corrected chi connectivity index (χ4v) is 2.57. The number of fused-ring (bicyclic) bond motifs is 1. The number of hydrogen-bond donors (Lipinski definition) is 1. The molecule has 1 aromatic carbocycles. The van der Waals surface area contributed by atoms with Crippen molar-refractivity contribution >= 4 is 16.9 Å².